The molecule has 1 N–H and O–H groups in total. The van der Waals surface area contributed by atoms with Crippen molar-refractivity contribution in [1.29, 1.82) is 0 Å². The predicted molar refractivity (Wildman–Crippen MR) is 101 cm³/mol. The average Bonchev–Trinajstić information content (AvgIpc) is 3.44. The molecule has 0 spiro atoms. The fourth-order valence-corrected chi connectivity index (χ4v) is 4.33. The van der Waals surface area contributed by atoms with Crippen molar-refractivity contribution < 1.29 is 26.9 Å². The Kier molecular flexibility index (Phi) is 5.47. The van der Waals surface area contributed by atoms with Crippen LogP contribution in [0.25, 0.3) is 11.5 Å². The number of carbonyl (C=O) groups is 1. The van der Waals surface area contributed by atoms with E-state index in [1.807, 2.05) is 0 Å². The van der Waals surface area contributed by atoms with E-state index >= 15 is 0 Å². The van der Waals surface area contributed by atoms with Crippen molar-refractivity contribution in [2.24, 2.45) is 0 Å². The van der Waals surface area contributed by atoms with E-state index in [1.165, 1.54) is 34.8 Å². The summed E-state index contributed by atoms with van der Waals surface area (Å²) in [6.45, 7) is 1.56. The summed E-state index contributed by atoms with van der Waals surface area (Å²) in [4.78, 5) is 12.5. The molecule has 0 aliphatic carbocycles. The number of sulfonamides is 1. The van der Waals surface area contributed by atoms with Crippen LogP contribution in [0.4, 0.5) is 0 Å². The summed E-state index contributed by atoms with van der Waals surface area (Å²) in [7, 11) is -3.59. The Balaban J connectivity index is 1.38. The number of morpholine rings is 1. The lowest BCUT2D eigenvalue weighted by Gasteiger charge is -2.26. The molecule has 1 fully saturated rings. The maximum absolute atomic E-state index is 12.6. The van der Waals surface area contributed by atoms with E-state index in [-0.39, 0.29) is 17.3 Å². The lowest BCUT2D eigenvalue weighted by Crippen LogP contribution is -2.40. The third kappa shape index (κ3) is 4.24. The maximum Gasteiger partial charge on any atom is 0.251 e. The van der Waals surface area contributed by atoms with Gasteiger partial charge in [-0.25, -0.2) is 8.42 Å². The van der Waals surface area contributed by atoms with E-state index in [4.69, 9.17) is 13.7 Å². The molecule has 1 aliphatic rings. The van der Waals surface area contributed by atoms with Crippen LogP contribution in [0.15, 0.2) is 62.6 Å². The molecule has 3 heterocycles. The molecule has 1 aliphatic heterocycles. The second-order valence-corrected chi connectivity index (χ2v) is 8.32. The maximum atomic E-state index is 12.6. The van der Waals surface area contributed by atoms with Crippen LogP contribution in [0.3, 0.4) is 0 Å². The second kappa shape index (κ2) is 8.19. The number of nitrogens with one attached hydrogen (secondary N) is 1. The number of nitrogens with zero attached hydrogens (tertiary/aromatic N) is 2. The van der Waals surface area contributed by atoms with Gasteiger partial charge in [0.1, 0.15) is 5.69 Å². The largest absolute Gasteiger partial charge is 0.461 e. The number of rotatable bonds is 6. The van der Waals surface area contributed by atoms with Gasteiger partial charge in [-0.1, -0.05) is 5.16 Å². The number of ether oxygens (including phenoxy) is 1. The summed E-state index contributed by atoms with van der Waals surface area (Å²) in [5, 5.41) is 6.62. The fraction of sp³-hybridized carbons (Fsp3) is 0.263. The molecule has 2 aromatic heterocycles. The van der Waals surface area contributed by atoms with Crippen molar-refractivity contribution in [3.05, 3.63) is 60.0 Å². The van der Waals surface area contributed by atoms with Crippen molar-refractivity contribution in [3.63, 3.8) is 0 Å². The van der Waals surface area contributed by atoms with Gasteiger partial charge in [-0.05, 0) is 36.4 Å². The first-order chi connectivity index (χ1) is 14.0. The molecule has 0 bridgehead atoms. The topological polar surface area (TPSA) is 115 Å². The predicted octanol–water partition coefficient (Wildman–Crippen LogP) is 1.89. The van der Waals surface area contributed by atoms with Gasteiger partial charge in [-0.3, -0.25) is 4.79 Å². The highest BCUT2D eigenvalue weighted by molar-refractivity contribution is 7.89. The van der Waals surface area contributed by atoms with Crippen LogP contribution >= 0.6 is 0 Å². The summed E-state index contributed by atoms with van der Waals surface area (Å²) in [6, 6.07) is 11.0. The van der Waals surface area contributed by atoms with Gasteiger partial charge in [0.2, 0.25) is 15.8 Å². The van der Waals surface area contributed by atoms with Crippen LogP contribution in [-0.2, 0) is 21.3 Å². The Bertz CT molecular complexity index is 1070. The van der Waals surface area contributed by atoms with Crippen LogP contribution < -0.4 is 5.32 Å². The normalized spacial score (nSPS) is 15.3. The molecule has 0 unspecified atom stereocenters. The Morgan fingerprint density at radius 1 is 1.10 bits per heavy atom. The molecule has 9 nitrogen and oxygen atoms in total. The molecule has 1 aromatic carbocycles. The highest BCUT2D eigenvalue weighted by Gasteiger charge is 2.26. The first-order valence-electron chi connectivity index (χ1n) is 9.00. The molecular formula is C19H19N3O6S. The molecule has 10 heteroatoms. The Hall–Kier alpha value is -2.95. The number of furan rings is 1. The number of benzene rings is 1. The minimum atomic E-state index is -3.59. The standard InChI is InChI=1S/C19H19N3O6S/c23-19(20-13-15-12-18(28-21-15)17-2-1-9-27-17)14-3-5-16(6-4-14)29(24,25)22-7-10-26-11-8-22/h1-6,9,12H,7-8,10-11,13H2,(H,20,23). The summed E-state index contributed by atoms with van der Waals surface area (Å²) in [5.41, 5.74) is 0.886. The number of amides is 1. The van der Waals surface area contributed by atoms with Crippen LogP contribution in [-0.4, -0.2) is 50.1 Å². The highest BCUT2D eigenvalue weighted by atomic mass is 32.2. The molecule has 0 saturated carbocycles. The van der Waals surface area contributed by atoms with Crippen LogP contribution in [0.5, 0.6) is 0 Å². The molecule has 152 valence electrons. The van der Waals surface area contributed by atoms with Gasteiger partial charge in [0.25, 0.3) is 5.91 Å². The summed E-state index contributed by atoms with van der Waals surface area (Å²) >= 11 is 0. The third-order valence-electron chi connectivity index (χ3n) is 4.48. The number of carbonyl (C=O) groups excluding carboxylic acids is 1. The van der Waals surface area contributed by atoms with Crippen molar-refractivity contribution in [3.8, 4) is 11.5 Å². The lowest BCUT2D eigenvalue weighted by molar-refractivity contribution is 0.0730. The monoisotopic (exact) mass is 417 g/mol. The van der Waals surface area contributed by atoms with Gasteiger partial charge >= 0.3 is 0 Å². The smallest absolute Gasteiger partial charge is 0.251 e. The molecule has 0 radical (unpaired) electrons. The second-order valence-electron chi connectivity index (χ2n) is 6.38. The van der Waals surface area contributed by atoms with Crippen molar-refractivity contribution >= 4 is 15.9 Å². The highest BCUT2D eigenvalue weighted by Crippen LogP contribution is 2.21. The van der Waals surface area contributed by atoms with E-state index in [0.29, 0.717) is 49.1 Å². The van der Waals surface area contributed by atoms with Gasteiger partial charge in [0.15, 0.2) is 5.76 Å². The van der Waals surface area contributed by atoms with E-state index in [1.54, 1.807) is 18.2 Å². The first-order valence-corrected chi connectivity index (χ1v) is 10.4. The van der Waals surface area contributed by atoms with Gasteiger partial charge in [-0.2, -0.15) is 4.31 Å². The van der Waals surface area contributed by atoms with E-state index in [9.17, 15) is 13.2 Å². The molecule has 1 amide bonds. The summed E-state index contributed by atoms with van der Waals surface area (Å²) in [5.74, 6) is 0.673. The van der Waals surface area contributed by atoms with Gasteiger partial charge in [0, 0.05) is 24.7 Å². The Morgan fingerprint density at radius 2 is 1.86 bits per heavy atom. The third-order valence-corrected chi connectivity index (χ3v) is 6.39. The molecular weight excluding hydrogens is 398 g/mol. The van der Waals surface area contributed by atoms with Crippen molar-refractivity contribution in [2.45, 2.75) is 11.4 Å². The molecule has 4 rings (SSSR count). The van der Waals surface area contributed by atoms with Crippen LogP contribution in [0.1, 0.15) is 16.1 Å². The zero-order chi connectivity index (χ0) is 20.3. The van der Waals surface area contributed by atoms with Crippen molar-refractivity contribution in [1.82, 2.24) is 14.8 Å². The zero-order valence-electron chi connectivity index (χ0n) is 15.4. The number of hydrogen-bond acceptors (Lipinski definition) is 7. The van der Waals surface area contributed by atoms with E-state index < -0.39 is 10.0 Å². The minimum Gasteiger partial charge on any atom is -0.461 e. The lowest BCUT2D eigenvalue weighted by atomic mass is 10.2. The molecule has 0 atom stereocenters. The molecule has 1 saturated heterocycles. The minimum absolute atomic E-state index is 0.149. The van der Waals surface area contributed by atoms with Gasteiger partial charge in [-0.15, -0.1) is 0 Å². The van der Waals surface area contributed by atoms with Crippen molar-refractivity contribution in [2.75, 3.05) is 26.3 Å². The summed E-state index contributed by atoms with van der Waals surface area (Å²) < 4.78 is 42.2. The number of aromatic nitrogens is 1. The SMILES string of the molecule is O=C(NCc1cc(-c2ccco2)on1)c1ccc(S(=O)(=O)N2CCOCC2)cc1. The Labute approximate surface area is 167 Å². The average molecular weight is 417 g/mol. The van der Waals surface area contributed by atoms with Crippen LogP contribution in [0, 0.1) is 0 Å². The van der Waals surface area contributed by atoms with Gasteiger partial charge < -0.3 is 19.0 Å². The fourth-order valence-electron chi connectivity index (χ4n) is 2.92. The van der Waals surface area contributed by atoms with E-state index in [0.717, 1.165) is 0 Å². The zero-order valence-corrected chi connectivity index (χ0v) is 16.2. The first kappa shape index (κ1) is 19.4. The quantitative estimate of drug-likeness (QED) is 0.651. The summed E-state index contributed by atoms with van der Waals surface area (Å²) in [6.07, 6.45) is 1.53. The Morgan fingerprint density at radius 3 is 2.55 bits per heavy atom. The number of hydrogen-bond donors (Lipinski definition) is 1. The molecule has 29 heavy (non-hydrogen) atoms. The van der Waals surface area contributed by atoms with Gasteiger partial charge in [0.05, 0.1) is 30.9 Å². The van der Waals surface area contributed by atoms with E-state index in [2.05, 4.69) is 10.5 Å². The van der Waals surface area contributed by atoms with Crippen LogP contribution in [0.2, 0.25) is 0 Å². The molecule has 3 aromatic rings.